The lowest BCUT2D eigenvalue weighted by molar-refractivity contribution is -0.130. The summed E-state index contributed by atoms with van der Waals surface area (Å²) in [5.41, 5.74) is 8.76. The maximum absolute atomic E-state index is 13.8. The molecule has 2 aliphatic rings. The number of ether oxygens (including phenoxy) is 1. The molecule has 1 aliphatic carbocycles. The summed E-state index contributed by atoms with van der Waals surface area (Å²) in [7, 11) is 0. The second-order valence-corrected chi connectivity index (χ2v) is 9.22. The van der Waals surface area contributed by atoms with Gasteiger partial charge in [0, 0.05) is 11.1 Å². The van der Waals surface area contributed by atoms with E-state index < -0.39 is 5.54 Å². The third-order valence-corrected chi connectivity index (χ3v) is 7.17. The van der Waals surface area contributed by atoms with E-state index in [4.69, 9.17) is 10.5 Å². The lowest BCUT2D eigenvalue weighted by atomic mass is 9.88. The van der Waals surface area contributed by atoms with Crippen LogP contribution in [-0.2, 0) is 17.8 Å². The topological polar surface area (TPSA) is 97.0 Å². The van der Waals surface area contributed by atoms with Gasteiger partial charge in [-0.3, -0.25) is 14.5 Å². The number of guanidine groups is 1. The molecule has 1 aliphatic heterocycles. The van der Waals surface area contributed by atoms with E-state index in [1.54, 1.807) is 24.3 Å². The number of halogens is 1. The molecule has 1 atom stereocenters. The molecule has 1 heterocycles. The van der Waals surface area contributed by atoms with Crippen molar-refractivity contribution < 1.29 is 18.7 Å². The molecule has 3 N–H and O–H groups in total. The molecule has 186 valence electrons. The Hall–Kier alpha value is -3.42. The van der Waals surface area contributed by atoms with Gasteiger partial charge in [0.15, 0.2) is 5.96 Å². The first-order valence-electron chi connectivity index (χ1n) is 12.3. The molecule has 35 heavy (non-hydrogen) atoms. The molecule has 0 fully saturated rings. The number of hydrogen-bond donors (Lipinski definition) is 2. The van der Waals surface area contributed by atoms with Crippen LogP contribution in [0.4, 0.5) is 4.39 Å². The van der Waals surface area contributed by atoms with E-state index in [0.717, 1.165) is 36.8 Å². The van der Waals surface area contributed by atoms with Crippen LogP contribution in [0.15, 0.2) is 41.4 Å². The Morgan fingerprint density at radius 2 is 2.00 bits per heavy atom. The fourth-order valence-electron chi connectivity index (χ4n) is 4.95. The minimum atomic E-state index is -0.459. The number of nitrogens with two attached hydrogens (primary N) is 1. The summed E-state index contributed by atoms with van der Waals surface area (Å²) in [5.74, 6) is 0.101. The molecule has 2 amide bonds. The summed E-state index contributed by atoms with van der Waals surface area (Å²) in [6.07, 6.45) is 3.28. The molecular weight excluding hydrogens is 447 g/mol. The van der Waals surface area contributed by atoms with E-state index in [-0.39, 0.29) is 36.2 Å². The lowest BCUT2D eigenvalue weighted by Crippen LogP contribution is -2.50. The molecule has 8 heteroatoms. The van der Waals surface area contributed by atoms with Gasteiger partial charge in [-0.15, -0.1) is 0 Å². The van der Waals surface area contributed by atoms with Crippen LogP contribution in [0.3, 0.4) is 0 Å². The van der Waals surface area contributed by atoms with Gasteiger partial charge in [-0.25, -0.2) is 9.38 Å². The number of amides is 2. The number of carbonyl (C=O) groups excluding carboxylic acids is 2. The zero-order valence-corrected chi connectivity index (χ0v) is 20.6. The molecule has 2 aromatic rings. The first-order chi connectivity index (χ1) is 16.8. The van der Waals surface area contributed by atoms with Crippen molar-refractivity contribution in [2.24, 2.45) is 10.7 Å². The number of carbonyl (C=O) groups is 2. The largest absolute Gasteiger partial charge is 0.494 e. The van der Waals surface area contributed by atoms with Gasteiger partial charge >= 0.3 is 0 Å². The third kappa shape index (κ3) is 5.01. The van der Waals surface area contributed by atoms with Gasteiger partial charge in [-0.1, -0.05) is 19.9 Å². The van der Waals surface area contributed by atoms with Crippen LogP contribution >= 0.6 is 0 Å². The Morgan fingerprint density at radius 1 is 1.23 bits per heavy atom. The van der Waals surface area contributed by atoms with Crippen molar-refractivity contribution in [3.05, 3.63) is 64.5 Å². The quantitative estimate of drug-likeness (QED) is 0.590. The highest BCUT2D eigenvalue weighted by Crippen LogP contribution is 2.33. The van der Waals surface area contributed by atoms with Crippen molar-refractivity contribution in [2.75, 3.05) is 6.61 Å². The van der Waals surface area contributed by atoms with E-state index in [9.17, 15) is 14.0 Å². The van der Waals surface area contributed by atoms with Crippen LogP contribution in [0.2, 0.25) is 0 Å². The summed E-state index contributed by atoms with van der Waals surface area (Å²) in [5, 5.41) is 3.03. The van der Waals surface area contributed by atoms with Crippen molar-refractivity contribution in [3.63, 3.8) is 0 Å². The normalized spacial score (nSPS) is 18.7. The number of hydrogen-bond acceptors (Lipinski definition) is 5. The fraction of sp³-hybridized carbons (Fsp3) is 0.444. The number of nitrogens with one attached hydrogen (secondary N) is 1. The third-order valence-electron chi connectivity index (χ3n) is 7.17. The van der Waals surface area contributed by atoms with Gasteiger partial charge < -0.3 is 15.8 Å². The van der Waals surface area contributed by atoms with Crippen LogP contribution < -0.4 is 15.8 Å². The van der Waals surface area contributed by atoms with E-state index in [0.29, 0.717) is 29.9 Å². The Kier molecular flexibility index (Phi) is 7.10. The summed E-state index contributed by atoms with van der Waals surface area (Å²) >= 11 is 0. The number of aryl methyl sites for hydroxylation is 1. The first kappa shape index (κ1) is 24.7. The van der Waals surface area contributed by atoms with E-state index >= 15 is 0 Å². The van der Waals surface area contributed by atoms with Crippen LogP contribution in [-0.4, -0.2) is 34.8 Å². The molecule has 0 radical (unpaired) electrons. The predicted molar refractivity (Wildman–Crippen MR) is 133 cm³/mol. The Labute approximate surface area is 205 Å². The minimum Gasteiger partial charge on any atom is -0.494 e. The molecule has 0 aromatic heterocycles. The zero-order chi connectivity index (χ0) is 25.2. The maximum Gasteiger partial charge on any atom is 0.251 e. The van der Waals surface area contributed by atoms with Gasteiger partial charge in [0.05, 0.1) is 31.2 Å². The van der Waals surface area contributed by atoms with Crippen molar-refractivity contribution in [1.82, 2.24) is 10.2 Å². The molecule has 0 saturated heterocycles. The van der Waals surface area contributed by atoms with Gasteiger partial charge in [-0.05, 0) is 74.1 Å². The minimum absolute atomic E-state index is 0.0944. The molecule has 7 nitrogen and oxygen atoms in total. The van der Waals surface area contributed by atoms with Crippen molar-refractivity contribution in [1.29, 1.82) is 0 Å². The highest BCUT2D eigenvalue weighted by molar-refractivity contribution is 5.99. The summed E-state index contributed by atoms with van der Waals surface area (Å²) in [6, 6.07) is 9.63. The second-order valence-electron chi connectivity index (χ2n) is 9.22. The van der Waals surface area contributed by atoms with Crippen LogP contribution in [0, 0.1) is 5.82 Å². The smallest absolute Gasteiger partial charge is 0.251 e. The number of nitrogens with zero attached hydrogens (tertiary/aromatic N) is 2. The SMILES string of the molecule is CCOc1ccc(C(=O)NC2CCc3ccc(F)cc32)cc1CN1C(=O)CC(CC)(CC)N=C1N. The summed E-state index contributed by atoms with van der Waals surface area (Å²) in [4.78, 5) is 32.3. The van der Waals surface area contributed by atoms with Crippen molar-refractivity contribution in [2.45, 2.75) is 71.0 Å². The number of benzene rings is 2. The van der Waals surface area contributed by atoms with Gasteiger partial charge in [0.2, 0.25) is 5.91 Å². The molecule has 0 saturated carbocycles. The molecule has 4 rings (SSSR count). The Balaban J connectivity index is 1.57. The van der Waals surface area contributed by atoms with E-state index in [2.05, 4.69) is 10.3 Å². The van der Waals surface area contributed by atoms with Gasteiger partial charge in [0.1, 0.15) is 11.6 Å². The number of fused-ring (bicyclic) bond motifs is 1. The monoisotopic (exact) mass is 480 g/mol. The summed E-state index contributed by atoms with van der Waals surface area (Å²) in [6.45, 7) is 6.49. The van der Waals surface area contributed by atoms with Gasteiger partial charge in [0.25, 0.3) is 5.91 Å². The molecule has 1 unspecified atom stereocenters. The Morgan fingerprint density at radius 3 is 2.69 bits per heavy atom. The van der Waals surface area contributed by atoms with Crippen molar-refractivity contribution >= 4 is 17.8 Å². The second kappa shape index (κ2) is 10.1. The molecular formula is C27H33FN4O3. The average molecular weight is 481 g/mol. The van der Waals surface area contributed by atoms with Crippen molar-refractivity contribution in [3.8, 4) is 5.75 Å². The number of rotatable bonds is 8. The lowest BCUT2D eigenvalue weighted by Gasteiger charge is -2.36. The highest BCUT2D eigenvalue weighted by Gasteiger charge is 2.37. The first-order valence-corrected chi connectivity index (χ1v) is 12.3. The maximum atomic E-state index is 13.8. The molecule has 2 aromatic carbocycles. The fourth-order valence-corrected chi connectivity index (χ4v) is 4.95. The molecule has 0 bridgehead atoms. The predicted octanol–water partition coefficient (Wildman–Crippen LogP) is 4.25. The zero-order valence-electron chi connectivity index (χ0n) is 20.6. The van der Waals surface area contributed by atoms with Crippen LogP contribution in [0.5, 0.6) is 5.75 Å². The average Bonchev–Trinajstić information content (AvgIpc) is 3.23. The standard InChI is InChI=1S/C27H33FN4O3/c1-4-27(5-2)15-24(33)32(26(29)31-27)16-19-13-18(9-12-23(19)35-6-3)25(34)30-22-11-8-17-7-10-20(28)14-21(17)22/h7,9-10,12-14,22H,4-6,8,11,15-16H2,1-3H3,(H2,29,31)(H,30,34). The van der Waals surface area contributed by atoms with Crippen LogP contribution in [0.1, 0.15) is 79.5 Å². The summed E-state index contributed by atoms with van der Waals surface area (Å²) < 4.78 is 19.5. The molecule has 0 spiro atoms. The van der Waals surface area contributed by atoms with E-state index in [1.165, 1.54) is 17.0 Å². The van der Waals surface area contributed by atoms with Crippen LogP contribution in [0.25, 0.3) is 0 Å². The Bertz CT molecular complexity index is 1160. The highest BCUT2D eigenvalue weighted by atomic mass is 19.1. The van der Waals surface area contributed by atoms with E-state index in [1.807, 2.05) is 20.8 Å². The van der Waals surface area contributed by atoms with Gasteiger partial charge in [-0.2, -0.15) is 0 Å². The number of aliphatic imine (C=N–C) groups is 1.